The van der Waals surface area contributed by atoms with Crippen molar-refractivity contribution in [2.24, 2.45) is 13.0 Å². The third-order valence-corrected chi connectivity index (χ3v) is 7.64. The zero-order chi connectivity index (χ0) is 23.1. The molecule has 1 aromatic heterocycles. The van der Waals surface area contributed by atoms with Crippen LogP contribution in [0.2, 0.25) is 0 Å². The number of alkyl halides is 1. The summed E-state index contributed by atoms with van der Waals surface area (Å²) in [7, 11) is 1.69. The molecule has 0 saturated carbocycles. The Balaban J connectivity index is 1.32. The predicted octanol–water partition coefficient (Wildman–Crippen LogP) is 2.36. The van der Waals surface area contributed by atoms with Crippen LogP contribution in [-0.2, 0) is 16.6 Å². The van der Waals surface area contributed by atoms with Crippen molar-refractivity contribution in [3.63, 3.8) is 0 Å². The number of nitrogens with zero attached hydrogens (tertiary/aromatic N) is 3. The molecule has 0 radical (unpaired) electrons. The van der Waals surface area contributed by atoms with Crippen LogP contribution in [0.5, 0.6) is 0 Å². The lowest BCUT2D eigenvalue weighted by molar-refractivity contribution is -0.134. The van der Waals surface area contributed by atoms with Gasteiger partial charge in [-0.05, 0) is 56.8 Å². The minimum Gasteiger partial charge on any atom is -0.314 e. The maximum atomic E-state index is 15.7. The van der Waals surface area contributed by atoms with Gasteiger partial charge in [0.2, 0.25) is 11.8 Å². The predicted molar refractivity (Wildman–Crippen MR) is 120 cm³/mol. The molecule has 2 N–H and O–H groups in total. The number of likely N-dealkylation sites (tertiary alicyclic amines) is 1. The second kappa shape index (κ2) is 9.10. The Morgan fingerprint density at radius 2 is 1.94 bits per heavy atom. The Labute approximate surface area is 191 Å². The maximum Gasteiger partial charge on any atom is 0.235 e. The molecule has 0 spiro atoms. The zero-order valence-corrected chi connectivity index (χ0v) is 18.9. The molecular formula is C24H31F2N5O2. The number of hydrogen-bond donors (Lipinski definition) is 2. The summed E-state index contributed by atoms with van der Waals surface area (Å²) in [6.45, 7) is 3.77. The minimum absolute atomic E-state index is 0.0797. The molecule has 1 aromatic carbocycles. The molecule has 3 aliphatic rings. The van der Waals surface area contributed by atoms with Gasteiger partial charge in [0.05, 0.1) is 11.6 Å². The molecule has 33 heavy (non-hydrogen) atoms. The van der Waals surface area contributed by atoms with Crippen LogP contribution in [0, 0.1) is 11.7 Å². The van der Waals surface area contributed by atoms with Crippen molar-refractivity contribution in [2.75, 3.05) is 32.7 Å². The van der Waals surface area contributed by atoms with Crippen LogP contribution in [0.4, 0.5) is 8.78 Å². The van der Waals surface area contributed by atoms with Gasteiger partial charge in [-0.3, -0.25) is 19.6 Å². The van der Waals surface area contributed by atoms with Gasteiger partial charge in [-0.25, -0.2) is 8.78 Å². The van der Waals surface area contributed by atoms with E-state index in [1.54, 1.807) is 7.05 Å². The van der Waals surface area contributed by atoms with Gasteiger partial charge < -0.3 is 10.2 Å². The lowest BCUT2D eigenvalue weighted by Gasteiger charge is -2.36. The molecule has 5 rings (SSSR count). The van der Waals surface area contributed by atoms with Gasteiger partial charge in [0, 0.05) is 37.9 Å². The Morgan fingerprint density at radius 1 is 1.15 bits per heavy atom. The molecule has 9 heteroatoms. The average Bonchev–Trinajstić information content (AvgIpc) is 3.13. The zero-order valence-electron chi connectivity index (χ0n) is 18.9. The monoisotopic (exact) mass is 459 g/mol. The van der Waals surface area contributed by atoms with Crippen molar-refractivity contribution in [3.05, 3.63) is 29.2 Å². The Morgan fingerprint density at radius 3 is 2.67 bits per heavy atom. The molecule has 3 saturated heterocycles. The number of aromatic nitrogens is 2. The molecule has 1 unspecified atom stereocenters. The van der Waals surface area contributed by atoms with Gasteiger partial charge in [-0.2, -0.15) is 5.10 Å². The van der Waals surface area contributed by atoms with E-state index < -0.39 is 12.1 Å². The minimum atomic E-state index is -0.792. The smallest absolute Gasteiger partial charge is 0.235 e. The van der Waals surface area contributed by atoms with E-state index in [2.05, 4.69) is 20.6 Å². The number of aryl methyl sites for hydroxylation is 1. The van der Waals surface area contributed by atoms with Crippen molar-refractivity contribution in [3.8, 4) is 0 Å². The van der Waals surface area contributed by atoms with Crippen LogP contribution in [-0.4, -0.2) is 65.4 Å². The first-order chi connectivity index (χ1) is 15.9. The van der Waals surface area contributed by atoms with Gasteiger partial charge in [0.15, 0.2) is 5.82 Å². The normalized spacial score (nSPS) is 27.8. The average molecular weight is 460 g/mol. The number of fused-ring (bicyclic) bond motifs is 1. The second-order valence-electron chi connectivity index (χ2n) is 9.72. The van der Waals surface area contributed by atoms with E-state index >= 15 is 4.39 Å². The number of rotatable bonds is 4. The van der Waals surface area contributed by atoms with Crippen LogP contribution in [0.3, 0.4) is 0 Å². The van der Waals surface area contributed by atoms with Gasteiger partial charge >= 0.3 is 0 Å². The Hall–Kier alpha value is -2.39. The molecule has 7 nitrogen and oxygen atoms in total. The van der Waals surface area contributed by atoms with Crippen molar-refractivity contribution in [1.82, 2.24) is 25.3 Å². The maximum absolute atomic E-state index is 15.7. The largest absolute Gasteiger partial charge is 0.314 e. The second-order valence-corrected chi connectivity index (χ2v) is 9.72. The first kappa shape index (κ1) is 22.4. The van der Waals surface area contributed by atoms with Gasteiger partial charge in [-0.1, -0.05) is 12.1 Å². The van der Waals surface area contributed by atoms with Crippen molar-refractivity contribution in [1.29, 1.82) is 0 Å². The summed E-state index contributed by atoms with van der Waals surface area (Å²) in [5, 5.41) is 10.6. The van der Waals surface area contributed by atoms with Crippen molar-refractivity contribution < 1.29 is 18.4 Å². The van der Waals surface area contributed by atoms with Crippen LogP contribution >= 0.6 is 0 Å². The van der Waals surface area contributed by atoms with Crippen LogP contribution in [0.25, 0.3) is 10.9 Å². The number of carbonyl (C=O) groups excluding carboxylic acids is 2. The van der Waals surface area contributed by atoms with E-state index in [0.29, 0.717) is 35.1 Å². The fraction of sp³-hybridized carbons (Fsp3) is 0.625. The summed E-state index contributed by atoms with van der Waals surface area (Å²) in [5.74, 6) is -1.29. The molecule has 0 aliphatic carbocycles. The Kier molecular flexibility index (Phi) is 6.18. The molecule has 3 atom stereocenters. The van der Waals surface area contributed by atoms with Crippen LogP contribution in [0.1, 0.15) is 55.2 Å². The van der Waals surface area contributed by atoms with E-state index in [0.717, 1.165) is 45.4 Å². The summed E-state index contributed by atoms with van der Waals surface area (Å²) in [6.07, 6.45) is 2.38. The lowest BCUT2D eigenvalue weighted by Crippen LogP contribution is -2.45. The Bertz CT molecular complexity index is 1060. The topological polar surface area (TPSA) is 79.3 Å². The van der Waals surface area contributed by atoms with Crippen molar-refractivity contribution >= 4 is 22.7 Å². The van der Waals surface area contributed by atoms with E-state index in [1.807, 2.05) is 12.1 Å². The van der Waals surface area contributed by atoms with E-state index in [9.17, 15) is 14.0 Å². The van der Waals surface area contributed by atoms with Crippen LogP contribution < -0.4 is 10.6 Å². The standard InChI is InChI=1S/C24H31F2N5O2/c1-30-23-17(22(29-30)18-4-5-20(32)28-24(18)33)3-2-16(21(23)26)14-7-10-31(11-8-14)13-15-6-9-27-12-19(15)25/h2-3,14-15,18-19,27H,4-13H2,1H3,(H,28,32,33)/t15-,18?,19-/m1/s1. The molecule has 3 fully saturated rings. The summed E-state index contributed by atoms with van der Waals surface area (Å²) in [6, 6.07) is 3.70. The highest BCUT2D eigenvalue weighted by Gasteiger charge is 2.34. The quantitative estimate of drug-likeness (QED) is 0.687. The van der Waals surface area contributed by atoms with Gasteiger partial charge in [0.25, 0.3) is 0 Å². The summed E-state index contributed by atoms with van der Waals surface area (Å²) in [4.78, 5) is 26.2. The highest BCUT2D eigenvalue weighted by atomic mass is 19.1. The fourth-order valence-electron chi connectivity index (χ4n) is 5.73. The SMILES string of the molecule is Cn1nc(C2CCC(=O)NC2=O)c2ccc(C3CCN(C[C@H]4CCNC[C@H]4F)CC3)c(F)c21. The highest BCUT2D eigenvalue weighted by molar-refractivity contribution is 6.02. The third-order valence-electron chi connectivity index (χ3n) is 7.64. The first-order valence-electron chi connectivity index (χ1n) is 12.0. The molecular weight excluding hydrogens is 428 g/mol. The van der Waals surface area contributed by atoms with E-state index in [4.69, 9.17) is 0 Å². The lowest BCUT2D eigenvalue weighted by atomic mass is 9.86. The number of piperidine rings is 3. The molecule has 2 aromatic rings. The van der Waals surface area contributed by atoms with E-state index in [-0.39, 0.29) is 35.9 Å². The van der Waals surface area contributed by atoms with E-state index in [1.165, 1.54) is 4.68 Å². The molecule has 2 amide bonds. The third kappa shape index (κ3) is 4.28. The number of imide groups is 1. The number of carbonyl (C=O) groups is 2. The number of halogens is 2. The number of hydrogen-bond acceptors (Lipinski definition) is 5. The summed E-state index contributed by atoms with van der Waals surface area (Å²) in [5.41, 5.74) is 1.62. The van der Waals surface area contributed by atoms with Gasteiger partial charge in [-0.15, -0.1) is 0 Å². The van der Waals surface area contributed by atoms with Crippen LogP contribution in [0.15, 0.2) is 12.1 Å². The number of amides is 2. The number of nitrogens with one attached hydrogen (secondary N) is 2. The molecule has 3 aliphatic heterocycles. The highest BCUT2D eigenvalue weighted by Crippen LogP contribution is 2.37. The fourth-order valence-corrected chi connectivity index (χ4v) is 5.73. The van der Waals surface area contributed by atoms with Gasteiger partial charge in [0.1, 0.15) is 11.7 Å². The molecule has 178 valence electrons. The molecule has 0 bridgehead atoms. The summed E-state index contributed by atoms with van der Waals surface area (Å²) >= 11 is 0. The van der Waals surface area contributed by atoms with Crippen molar-refractivity contribution in [2.45, 2.75) is 50.1 Å². The number of benzene rings is 1. The summed E-state index contributed by atoms with van der Waals surface area (Å²) < 4.78 is 31.4. The molecule has 4 heterocycles. The first-order valence-corrected chi connectivity index (χ1v) is 12.0.